The molecule has 1 aliphatic carbocycles. The maximum atomic E-state index is 10.4. The molecule has 4 rings (SSSR count). The van der Waals surface area contributed by atoms with Gasteiger partial charge in [0.2, 0.25) is 0 Å². The van der Waals surface area contributed by atoms with E-state index in [4.69, 9.17) is 0 Å². The summed E-state index contributed by atoms with van der Waals surface area (Å²) in [7, 11) is 0. The number of benzene rings is 2. The van der Waals surface area contributed by atoms with Crippen molar-refractivity contribution in [3.05, 3.63) is 65.4 Å². The highest BCUT2D eigenvalue weighted by Crippen LogP contribution is 2.46. The second-order valence-electron chi connectivity index (χ2n) is 5.49. The van der Waals surface area contributed by atoms with Gasteiger partial charge in [-0.05, 0) is 29.7 Å². The molecule has 0 saturated heterocycles. The average molecular weight is 277 g/mol. The standard InChI is InChI=1S/C18H15NO2/c1-10-11-6-4-5-9-14(11)19-16-15(10)12-7-2-3-8-13(12)17(20)18(16)21/h2-9,17-18,20-21H,1H3/t17-,18+/m0/s1. The quantitative estimate of drug-likeness (QED) is 0.663. The van der Waals surface area contributed by atoms with Gasteiger partial charge in [0.1, 0.15) is 12.2 Å². The van der Waals surface area contributed by atoms with Crippen LogP contribution in [-0.4, -0.2) is 15.2 Å². The highest BCUT2D eigenvalue weighted by atomic mass is 16.3. The van der Waals surface area contributed by atoms with Crippen LogP contribution in [-0.2, 0) is 0 Å². The second kappa shape index (κ2) is 4.38. The number of hydrogen-bond donors (Lipinski definition) is 2. The Hall–Kier alpha value is -2.23. The van der Waals surface area contributed by atoms with Gasteiger partial charge in [-0.2, -0.15) is 0 Å². The summed E-state index contributed by atoms with van der Waals surface area (Å²) in [6.07, 6.45) is -1.92. The molecular weight excluding hydrogens is 262 g/mol. The molecule has 0 amide bonds. The van der Waals surface area contributed by atoms with E-state index in [0.717, 1.165) is 33.2 Å². The first kappa shape index (κ1) is 12.5. The van der Waals surface area contributed by atoms with E-state index in [0.29, 0.717) is 5.69 Å². The van der Waals surface area contributed by atoms with E-state index in [1.54, 1.807) is 0 Å². The summed E-state index contributed by atoms with van der Waals surface area (Å²) < 4.78 is 0. The van der Waals surface area contributed by atoms with Crippen molar-refractivity contribution in [1.29, 1.82) is 0 Å². The van der Waals surface area contributed by atoms with Crippen LogP contribution >= 0.6 is 0 Å². The SMILES string of the molecule is Cc1c2c(nc3ccccc13)[C@@H](O)[C@@H](O)c1ccccc1-2. The maximum absolute atomic E-state index is 10.4. The van der Waals surface area contributed by atoms with E-state index in [1.165, 1.54) is 0 Å². The van der Waals surface area contributed by atoms with Gasteiger partial charge in [0.05, 0.1) is 11.2 Å². The summed E-state index contributed by atoms with van der Waals surface area (Å²) in [5.41, 5.74) is 5.17. The van der Waals surface area contributed by atoms with Crippen LogP contribution in [0.15, 0.2) is 48.5 Å². The molecule has 3 aromatic rings. The van der Waals surface area contributed by atoms with E-state index in [2.05, 4.69) is 4.98 Å². The van der Waals surface area contributed by atoms with Crippen LogP contribution in [0.25, 0.3) is 22.0 Å². The molecule has 0 bridgehead atoms. The predicted molar refractivity (Wildman–Crippen MR) is 81.8 cm³/mol. The number of hydrogen-bond acceptors (Lipinski definition) is 3. The summed E-state index contributed by atoms with van der Waals surface area (Å²) in [6, 6.07) is 15.6. The zero-order valence-electron chi connectivity index (χ0n) is 11.6. The zero-order chi connectivity index (χ0) is 14.6. The molecule has 21 heavy (non-hydrogen) atoms. The molecule has 1 heterocycles. The number of aryl methyl sites for hydroxylation is 1. The molecule has 104 valence electrons. The van der Waals surface area contributed by atoms with Crippen molar-refractivity contribution in [3.8, 4) is 11.1 Å². The largest absolute Gasteiger partial charge is 0.385 e. The number of rotatable bonds is 0. The highest BCUT2D eigenvalue weighted by molar-refractivity contribution is 5.91. The van der Waals surface area contributed by atoms with Gasteiger partial charge < -0.3 is 10.2 Å². The van der Waals surface area contributed by atoms with Crippen LogP contribution in [0.3, 0.4) is 0 Å². The highest BCUT2D eigenvalue weighted by Gasteiger charge is 2.33. The minimum Gasteiger partial charge on any atom is -0.385 e. The first-order valence-electron chi connectivity index (χ1n) is 7.03. The summed E-state index contributed by atoms with van der Waals surface area (Å²) in [4.78, 5) is 4.60. The number of fused-ring (bicyclic) bond motifs is 4. The summed E-state index contributed by atoms with van der Waals surface area (Å²) >= 11 is 0. The van der Waals surface area contributed by atoms with Crippen molar-refractivity contribution in [2.24, 2.45) is 0 Å². The molecular formula is C18H15NO2. The molecule has 0 unspecified atom stereocenters. The second-order valence-corrected chi connectivity index (χ2v) is 5.49. The third-order valence-corrected chi connectivity index (χ3v) is 4.31. The average Bonchev–Trinajstić information content (AvgIpc) is 2.52. The molecule has 1 aliphatic rings. The fourth-order valence-electron chi connectivity index (χ4n) is 3.26. The van der Waals surface area contributed by atoms with Gasteiger partial charge in [-0.15, -0.1) is 0 Å². The van der Waals surface area contributed by atoms with Crippen LogP contribution in [0.2, 0.25) is 0 Å². The smallest absolute Gasteiger partial charge is 0.127 e. The Kier molecular flexibility index (Phi) is 2.61. The van der Waals surface area contributed by atoms with Crippen molar-refractivity contribution < 1.29 is 10.2 Å². The zero-order valence-corrected chi connectivity index (χ0v) is 11.6. The van der Waals surface area contributed by atoms with Crippen molar-refractivity contribution >= 4 is 10.9 Å². The number of para-hydroxylation sites is 1. The molecule has 2 N–H and O–H groups in total. The fourth-order valence-corrected chi connectivity index (χ4v) is 3.26. The van der Waals surface area contributed by atoms with Crippen molar-refractivity contribution in [1.82, 2.24) is 4.98 Å². The topological polar surface area (TPSA) is 53.4 Å². The molecule has 2 aromatic carbocycles. The van der Waals surface area contributed by atoms with Crippen LogP contribution in [0.4, 0.5) is 0 Å². The van der Waals surface area contributed by atoms with Crippen molar-refractivity contribution in [2.75, 3.05) is 0 Å². The van der Waals surface area contributed by atoms with Gasteiger partial charge in [-0.1, -0.05) is 42.5 Å². The third kappa shape index (κ3) is 1.65. The molecule has 0 fully saturated rings. The Morgan fingerprint density at radius 1 is 0.905 bits per heavy atom. The minimum atomic E-state index is -0.988. The molecule has 0 aliphatic heterocycles. The molecule has 3 heteroatoms. The molecule has 0 saturated carbocycles. The molecule has 3 nitrogen and oxygen atoms in total. The lowest BCUT2D eigenvalue weighted by molar-refractivity contribution is 0.0133. The van der Waals surface area contributed by atoms with Gasteiger partial charge in [0.15, 0.2) is 0 Å². The molecule has 0 spiro atoms. The van der Waals surface area contributed by atoms with Gasteiger partial charge >= 0.3 is 0 Å². The number of aliphatic hydroxyl groups excluding tert-OH is 2. The first-order chi connectivity index (χ1) is 10.2. The summed E-state index contributed by atoms with van der Waals surface area (Å²) in [5.74, 6) is 0. The number of aliphatic hydroxyl groups is 2. The van der Waals surface area contributed by atoms with Crippen molar-refractivity contribution in [2.45, 2.75) is 19.1 Å². The number of pyridine rings is 1. The maximum Gasteiger partial charge on any atom is 0.127 e. The number of nitrogens with zero attached hydrogens (tertiary/aromatic N) is 1. The summed E-state index contributed by atoms with van der Waals surface area (Å²) in [6.45, 7) is 2.05. The Bertz CT molecular complexity index is 857. The molecule has 1 aromatic heterocycles. The van der Waals surface area contributed by atoms with Crippen LogP contribution in [0, 0.1) is 6.92 Å². The van der Waals surface area contributed by atoms with Gasteiger partial charge in [-0.25, -0.2) is 4.98 Å². The molecule has 2 atom stereocenters. The Morgan fingerprint density at radius 2 is 1.62 bits per heavy atom. The monoisotopic (exact) mass is 277 g/mol. The van der Waals surface area contributed by atoms with Gasteiger partial charge in [0, 0.05) is 10.9 Å². The summed E-state index contributed by atoms with van der Waals surface area (Å²) in [5, 5.41) is 21.9. The van der Waals surface area contributed by atoms with Crippen molar-refractivity contribution in [3.63, 3.8) is 0 Å². The van der Waals surface area contributed by atoms with Crippen LogP contribution < -0.4 is 0 Å². The van der Waals surface area contributed by atoms with E-state index < -0.39 is 12.2 Å². The Morgan fingerprint density at radius 3 is 2.48 bits per heavy atom. The van der Waals surface area contributed by atoms with E-state index >= 15 is 0 Å². The first-order valence-corrected chi connectivity index (χ1v) is 7.03. The van der Waals surface area contributed by atoms with E-state index in [9.17, 15) is 10.2 Å². The Labute approximate surface area is 122 Å². The Balaban J connectivity index is 2.16. The van der Waals surface area contributed by atoms with Crippen LogP contribution in [0.5, 0.6) is 0 Å². The van der Waals surface area contributed by atoms with Gasteiger partial charge in [-0.3, -0.25) is 0 Å². The normalized spacial score (nSPS) is 20.1. The number of aromatic nitrogens is 1. The molecule has 0 radical (unpaired) electrons. The lowest BCUT2D eigenvalue weighted by Gasteiger charge is -2.29. The predicted octanol–water partition coefficient (Wildman–Crippen LogP) is 3.29. The van der Waals surface area contributed by atoms with E-state index in [1.807, 2.05) is 55.5 Å². The van der Waals surface area contributed by atoms with E-state index in [-0.39, 0.29) is 0 Å². The fraction of sp³-hybridized carbons (Fsp3) is 0.167. The lowest BCUT2D eigenvalue weighted by Crippen LogP contribution is -2.19. The van der Waals surface area contributed by atoms with Crippen LogP contribution in [0.1, 0.15) is 29.0 Å². The third-order valence-electron chi connectivity index (χ3n) is 4.31. The minimum absolute atomic E-state index is 0.567. The lowest BCUT2D eigenvalue weighted by atomic mass is 9.82. The van der Waals surface area contributed by atoms with Gasteiger partial charge in [0.25, 0.3) is 0 Å².